The minimum atomic E-state index is -0.314. The van der Waals surface area contributed by atoms with E-state index in [1.165, 1.54) is 16.9 Å². The van der Waals surface area contributed by atoms with Crippen LogP contribution in [0.1, 0.15) is 12.8 Å². The number of rotatable bonds is 3. The molecule has 3 rings (SSSR count). The molecule has 0 spiro atoms. The van der Waals surface area contributed by atoms with Gasteiger partial charge in [-0.1, -0.05) is 0 Å². The van der Waals surface area contributed by atoms with Gasteiger partial charge in [-0.25, -0.2) is 4.39 Å². The number of carbonyl (C=O) groups excluding carboxylic acids is 1. The van der Waals surface area contributed by atoms with E-state index in [4.69, 9.17) is 0 Å². The third-order valence-corrected chi connectivity index (χ3v) is 3.29. The van der Waals surface area contributed by atoms with Crippen molar-refractivity contribution in [1.82, 2.24) is 25.1 Å². The van der Waals surface area contributed by atoms with Gasteiger partial charge >= 0.3 is 0 Å². The van der Waals surface area contributed by atoms with Crippen molar-refractivity contribution < 1.29 is 9.18 Å². The largest absolute Gasteiger partial charge is 0.341 e. The second-order valence-electron chi connectivity index (χ2n) is 4.74. The lowest BCUT2D eigenvalue weighted by atomic mass is 10.2. The molecular formula is C13H14FN5O. The van der Waals surface area contributed by atoms with Gasteiger partial charge in [0.1, 0.15) is 12.4 Å². The summed E-state index contributed by atoms with van der Waals surface area (Å²) in [6.45, 7) is 1.70. The first-order valence-electron chi connectivity index (χ1n) is 6.54. The van der Waals surface area contributed by atoms with Crippen molar-refractivity contribution in [3.63, 3.8) is 0 Å². The van der Waals surface area contributed by atoms with Crippen LogP contribution in [0.3, 0.4) is 0 Å². The van der Waals surface area contributed by atoms with Gasteiger partial charge in [0, 0.05) is 18.7 Å². The molecule has 1 aromatic heterocycles. The van der Waals surface area contributed by atoms with E-state index < -0.39 is 0 Å². The zero-order valence-electron chi connectivity index (χ0n) is 10.9. The first-order valence-corrected chi connectivity index (χ1v) is 6.54. The molecule has 20 heavy (non-hydrogen) atoms. The quantitative estimate of drug-likeness (QED) is 0.841. The maximum atomic E-state index is 12.8. The molecule has 1 amide bonds. The number of halogens is 1. The Morgan fingerprint density at radius 1 is 1.20 bits per heavy atom. The Morgan fingerprint density at radius 2 is 1.90 bits per heavy atom. The standard InChI is InChI=1S/C13H14FN5O/c14-11-5-3-10(4-6-11)13-15-17-19(16-13)9-12(20)18-7-1-2-8-18/h3-6H,1-2,7-9H2. The maximum absolute atomic E-state index is 12.8. The monoisotopic (exact) mass is 275 g/mol. The van der Waals surface area contributed by atoms with E-state index in [1.807, 2.05) is 0 Å². The van der Waals surface area contributed by atoms with Crippen molar-refractivity contribution in [2.45, 2.75) is 19.4 Å². The molecule has 2 aromatic rings. The Hall–Kier alpha value is -2.31. The summed E-state index contributed by atoms with van der Waals surface area (Å²) in [6, 6.07) is 5.84. The topological polar surface area (TPSA) is 63.9 Å². The van der Waals surface area contributed by atoms with E-state index in [0.29, 0.717) is 11.4 Å². The van der Waals surface area contributed by atoms with Crippen LogP contribution < -0.4 is 0 Å². The molecule has 2 heterocycles. The fourth-order valence-corrected chi connectivity index (χ4v) is 2.21. The number of amides is 1. The highest BCUT2D eigenvalue weighted by Crippen LogP contribution is 2.14. The summed E-state index contributed by atoms with van der Waals surface area (Å²) in [5, 5.41) is 11.9. The summed E-state index contributed by atoms with van der Waals surface area (Å²) in [4.78, 5) is 15.0. The van der Waals surface area contributed by atoms with Crippen molar-refractivity contribution in [2.24, 2.45) is 0 Å². The van der Waals surface area contributed by atoms with Gasteiger partial charge in [0.15, 0.2) is 0 Å². The third-order valence-electron chi connectivity index (χ3n) is 3.29. The molecule has 1 fully saturated rings. The predicted molar refractivity (Wildman–Crippen MR) is 69.0 cm³/mol. The number of nitrogens with zero attached hydrogens (tertiary/aromatic N) is 5. The number of aromatic nitrogens is 4. The average molecular weight is 275 g/mol. The lowest BCUT2D eigenvalue weighted by molar-refractivity contribution is -0.131. The summed E-state index contributed by atoms with van der Waals surface area (Å²) in [7, 11) is 0. The molecule has 0 bridgehead atoms. The maximum Gasteiger partial charge on any atom is 0.246 e. The summed E-state index contributed by atoms with van der Waals surface area (Å²) >= 11 is 0. The van der Waals surface area contributed by atoms with Gasteiger partial charge in [-0.05, 0) is 42.3 Å². The minimum Gasteiger partial charge on any atom is -0.341 e. The predicted octanol–water partition coefficient (Wildman–Crippen LogP) is 1.10. The van der Waals surface area contributed by atoms with E-state index >= 15 is 0 Å². The molecule has 104 valence electrons. The van der Waals surface area contributed by atoms with Gasteiger partial charge in [-0.2, -0.15) is 4.80 Å². The SMILES string of the molecule is O=C(Cn1nnc(-c2ccc(F)cc2)n1)N1CCCC1. The minimum absolute atomic E-state index is 0.00514. The van der Waals surface area contributed by atoms with Crippen LogP contribution in [0.15, 0.2) is 24.3 Å². The summed E-state index contributed by atoms with van der Waals surface area (Å²) in [5.74, 6) is 0.0788. The number of carbonyl (C=O) groups is 1. The number of hydrogen-bond acceptors (Lipinski definition) is 4. The van der Waals surface area contributed by atoms with Gasteiger partial charge in [0.25, 0.3) is 0 Å². The molecular weight excluding hydrogens is 261 g/mol. The number of tetrazole rings is 1. The van der Waals surface area contributed by atoms with Crippen LogP contribution in [0.25, 0.3) is 11.4 Å². The zero-order valence-corrected chi connectivity index (χ0v) is 10.9. The molecule has 0 saturated carbocycles. The van der Waals surface area contributed by atoms with Crippen LogP contribution in [-0.2, 0) is 11.3 Å². The van der Waals surface area contributed by atoms with Crippen LogP contribution in [0.5, 0.6) is 0 Å². The van der Waals surface area contributed by atoms with E-state index in [1.54, 1.807) is 17.0 Å². The van der Waals surface area contributed by atoms with Crippen LogP contribution in [-0.4, -0.2) is 44.1 Å². The Morgan fingerprint density at radius 3 is 2.60 bits per heavy atom. The fraction of sp³-hybridized carbons (Fsp3) is 0.385. The highest BCUT2D eigenvalue weighted by atomic mass is 19.1. The van der Waals surface area contributed by atoms with Crippen molar-refractivity contribution in [2.75, 3.05) is 13.1 Å². The molecule has 1 aliphatic heterocycles. The number of hydrogen-bond donors (Lipinski definition) is 0. The Kier molecular flexibility index (Phi) is 3.41. The van der Waals surface area contributed by atoms with Gasteiger partial charge in [-0.3, -0.25) is 4.79 Å². The van der Waals surface area contributed by atoms with Crippen LogP contribution in [0, 0.1) is 5.82 Å². The molecule has 1 saturated heterocycles. The highest BCUT2D eigenvalue weighted by molar-refractivity contribution is 5.76. The molecule has 6 nitrogen and oxygen atoms in total. The Balaban J connectivity index is 1.70. The lowest BCUT2D eigenvalue weighted by Gasteiger charge is -2.13. The van der Waals surface area contributed by atoms with Gasteiger partial charge in [0.2, 0.25) is 11.7 Å². The molecule has 0 radical (unpaired) electrons. The second kappa shape index (κ2) is 5.36. The Labute approximate surface area is 115 Å². The van der Waals surface area contributed by atoms with Crippen molar-refractivity contribution in [3.05, 3.63) is 30.1 Å². The third kappa shape index (κ3) is 2.66. The zero-order chi connectivity index (χ0) is 13.9. The van der Waals surface area contributed by atoms with Crippen LogP contribution in [0.4, 0.5) is 4.39 Å². The second-order valence-corrected chi connectivity index (χ2v) is 4.74. The molecule has 0 atom stereocenters. The van der Waals surface area contributed by atoms with Gasteiger partial charge in [-0.15, -0.1) is 10.2 Å². The molecule has 1 aliphatic rings. The fourth-order valence-electron chi connectivity index (χ4n) is 2.21. The van der Waals surface area contributed by atoms with Gasteiger partial charge < -0.3 is 4.90 Å². The van der Waals surface area contributed by atoms with Gasteiger partial charge in [0.05, 0.1) is 0 Å². The van der Waals surface area contributed by atoms with E-state index in [2.05, 4.69) is 15.4 Å². The van der Waals surface area contributed by atoms with Crippen LogP contribution in [0.2, 0.25) is 0 Å². The van der Waals surface area contributed by atoms with E-state index in [0.717, 1.165) is 25.9 Å². The average Bonchev–Trinajstić information content (AvgIpc) is 3.10. The molecule has 0 aliphatic carbocycles. The van der Waals surface area contributed by atoms with E-state index in [9.17, 15) is 9.18 Å². The first-order chi connectivity index (χ1) is 9.72. The van der Waals surface area contributed by atoms with E-state index in [-0.39, 0.29) is 18.3 Å². The van der Waals surface area contributed by atoms with Crippen LogP contribution >= 0.6 is 0 Å². The van der Waals surface area contributed by atoms with Crippen molar-refractivity contribution >= 4 is 5.91 Å². The van der Waals surface area contributed by atoms with Crippen molar-refractivity contribution in [3.8, 4) is 11.4 Å². The number of likely N-dealkylation sites (tertiary alicyclic amines) is 1. The molecule has 7 heteroatoms. The first kappa shape index (κ1) is 12.7. The smallest absolute Gasteiger partial charge is 0.246 e. The normalized spacial score (nSPS) is 14.8. The molecule has 0 N–H and O–H groups in total. The summed E-state index contributed by atoms with van der Waals surface area (Å²) in [5.41, 5.74) is 0.672. The summed E-state index contributed by atoms with van der Waals surface area (Å²) < 4.78 is 12.8. The molecule has 1 aromatic carbocycles. The van der Waals surface area contributed by atoms with Crippen molar-refractivity contribution in [1.29, 1.82) is 0 Å². The summed E-state index contributed by atoms with van der Waals surface area (Å²) in [6.07, 6.45) is 2.11. The molecule has 0 unspecified atom stereocenters. The number of benzene rings is 1. The Bertz CT molecular complexity index is 603. The highest BCUT2D eigenvalue weighted by Gasteiger charge is 2.19. The lowest BCUT2D eigenvalue weighted by Crippen LogP contribution is -2.31.